The first-order valence-electron chi connectivity index (χ1n) is 6.37. The first kappa shape index (κ1) is 15.4. The Kier molecular flexibility index (Phi) is 4.56. The quantitative estimate of drug-likeness (QED) is 0.636. The first-order chi connectivity index (χ1) is 9.90. The van der Waals surface area contributed by atoms with Crippen molar-refractivity contribution in [1.29, 1.82) is 0 Å². The number of nitrogens with zero attached hydrogens (tertiary/aromatic N) is 1. The Hall–Kier alpha value is -1.96. The van der Waals surface area contributed by atoms with Crippen LogP contribution in [0.2, 0.25) is 0 Å². The smallest absolute Gasteiger partial charge is 0.307 e. The van der Waals surface area contributed by atoms with Crippen LogP contribution in [0, 0.1) is 22.0 Å². The highest BCUT2D eigenvalue weighted by molar-refractivity contribution is 9.10. The van der Waals surface area contributed by atoms with E-state index >= 15 is 0 Å². The number of carbonyl (C=O) groups is 2. The Morgan fingerprint density at radius 1 is 1.33 bits per heavy atom. The molecule has 2 atom stereocenters. The molecule has 0 radical (unpaired) electrons. The van der Waals surface area contributed by atoms with Gasteiger partial charge in [-0.05, 0) is 40.9 Å². The molecule has 8 heteroatoms. The summed E-state index contributed by atoms with van der Waals surface area (Å²) in [6.45, 7) is 0. The van der Waals surface area contributed by atoms with Crippen molar-refractivity contribution in [2.45, 2.75) is 19.3 Å². The third kappa shape index (κ3) is 3.38. The Morgan fingerprint density at radius 3 is 2.62 bits per heavy atom. The summed E-state index contributed by atoms with van der Waals surface area (Å²) in [5.74, 6) is -2.66. The van der Waals surface area contributed by atoms with E-state index in [1.54, 1.807) is 0 Å². The van der Waals surface area contributed by atoms with Crippen LogP contribution in [-0.2, 0) is 9.59 Å². The van der Waals surface area contributed by atoms with Crippen LogP contribution in [0.5, 0.6) is 0 Å². The summed E-state index contributed by atoms with van der Waals surface area (Å²) in [6, 6.07) is 4.24. The second-order valence-corrected chi connectivity index (χ2v) is 5.75. The molecule has 0 aliphatic heterocycles. The molecule has 1 fully saturated rings. The number of aliphatic carboxylic acids is 1. The van der Waals surface area contributed by atoms with E-state index in [4.69, 9.17) is 5.11 Å². The van der Waals surface area contributed by atoms with E-state index in [9.17, 15) is 19.7 Å². The maximum absolute atomic E-state index is 12.1. The number of nitrogens with one attached hydrogen (secondary N) is 1. The minimum atomic E-state index is -0.977. The average Bonchev–Trinajstić information content (AvgIpc) is 2.90. The Bertz CT molecular complexity index is 604. The van der Waals surface area contributed by atoms with Crippen molar-refractivity contribution in [2.75, 3.05) is 5.32 Å². The molecule has 21 heavy (non-hydrogen) atoms. The van der Waals surface area contributed by atoms with Crippen LogP contribution in [0.15, 0.2) is 22.7 Å². The number of rotatable bonds is 4. The molecule has 1 amide bonds. The van der Waals surface area contributed by atoms with Crippen molar-refractivity contribution < 1.29 is 19.6 Å². The van der Waals surface area contributed by atoms with Crippen LogP contribution < -0.4 is 5.32 Å². The van der Waals surface area contributed by atoms with Crippen LogP contribution in [0.1, 0.15) is 19.3 Å². The summed E-state index contributed by atoms with van der Waals surface area (Å²) in [5.41, 5.74) is 0.125. The molecule has 0 heterocycles. The summed E-state index contributed by atoms with van der Waals surface area (Å²) in [7, 11) is 0. The highest BCUT2D eigenvalue weighted by Gasteiger charge is 2.37. The van der Waals surface area contributed by atoms with E-state index in [-0.39, 0.29) is 11.4 Å². The molecular formula is C13H13BrN2O5. The molecule has 1 aliphatic carbocycles. The number of carboxylic acids is 1. The zero-order valence-electron chi connectivity index (χ0n) is 10.9. The lowest BCUT2D eigenvalue weighted by molar-refractivity contribution is -0.385. The van der Waals surface area contributed by atoms with Crippen LogP contribution in [0.4, 0.5) is 11.4 Å². The Morgan fingerprint density at radius 2 is 2.00 bits per heavy atom. The first-order valence-corrected chi connectivity index (χ1v) is 7.17. The molecule has 0 aromatic heterocycles. The predicted octanol–water partition coefficient (Wildman–Crippen LogP) is 2.80. The van der Waals surface area contributed by atoms with Crippen molar-refractivity contribution in [2.24, 2.45) is 11.8 Å². The number of hydrogen-bond donors (Lipinski definition) is 2. The normalized spacial score (nSPS) is 21.0. The van der Waals surface area contributed by atoms with Crippen LogP contribution in [0.3, 0.4) is 0 Å². The van der Waals surface area contributed by atoms with Gasteiger partial charge >= 0.3 is 5.97 Å². The number of nitro groups is 1. The van der Waals surface area contributed by atoms with Gasteiger partial charge in [0.05, 0.1) is 21.2 Å². The lowest BCUT2D eigenvalue weighted by atomic mass is 9.95. The van der Waals surface area contributed by atoms with Crippen molar-refractivity contribution in [1.82, 2.24) is 0 Å². The standard InChI is InChI=1S/C13H13BrN2O5/c14-10-5-4-7(6-11(10)16(20)21)15-12(17)8-2-1-3-9(8)13(18)19/h4-6,8-9H,1-3H2,(H,15,17)(H,18,19). The predicted molar refractivity (Wildman–Crippen MR) is 77.9 cm³/mol. The zero-order chi connectivity index (χ0) is 15.6. The van der Waals surface area contributed by atoms with Gasteiger partial charge < -0.3 is 10.4 Å². The number of carbonyl (C=O) groups excluding carboxylic acids is 1. The monoisotopic (exact) mass is 356 g/mol. The summed E-state index contributed by atoms with van der Waals surface area (Å²) in [4.78, 5) is 33.5. The van der Waals surface area contributed by atoms with Crippen molar-refractivity contribution in [3.05, 3.63) is 32.8 Å². The van der Waals surface area contributed by atoms with Crippen molar-refractivity contribution >= 4 is 39.2 Å². The minimum absolute atomic E-state index is 0.158. The van der Waals surface area contributed by atoms with E-state index in [1.165, 1.54) is 18.2 Å². The molecule has 1 aromatic carbocycles. The second kappa shape index (κ2) is 6.21. The molecule has 1 aliphatic rings. The summed E-state index contributed by atoms with van der Waals surface area (Å²) in [6.07, 6.45) is 1.69. The van der Waals surface area contributed by atoms with Gasteiger partial charge in [0.1, 0.15) is 0 Å². The number of halogens is 1. The zero-order valence-corrected chi connectivity index (χ0v) is 12.5. The molecular weight excluding hydrogens is 344 g/mol. The summed E-state index contributed by atoms with van der Waals surface area (Å²) in [5, 5.41) is 22.5. The van der Waals surface area contributed by atoms with Gasteiger partial charge in [0.2, 0.25) is 5.91 Å². The van der Waals surface area contributed by atoms with E-state index in [0.29, 0.717) is 23.7 Å². The topological polar surface area (TPSA) is 110 Å². The van der Waals surface area contributed by atoms with Gasteiger partial charge in [-0.2, -0.15) is 0 Å². The fraction of sp³-hybridized carbons (Fsp3) is 0.385. The molecule has 7 nitrogen and oxygen atoms in total. The van der Waals surface area contributed by atoms with E-state index in [2.05, 4.69) is 21.2 Å². The number of amides is 1. The molecule has 1 aromatic rings. The average molecular weight is 357 g/mol. The van der Waals surface area contributed by atoms with E-state index in [0.717, 1.165) is 0 Å². The Balaban J connectivity index is 2.14. The molecule has 2 rings (SSSR count). The molecule has 0 bridgehead atoms. The third-order valence-electron chi connectivity index (χ3n) is 3.58. The van der Waals surface area contributed by atoms with Gasteiger partial charge in [-0.1, -0.05) is 6.42 Å². The number of anilines is 1. The lowest BCUT2D eigenvalue weighted by Gasteiger charge is -2.15. The Labute approximate surface area is 128 Å². The number of hydrogen-bond acceptors (Lipinski definition) is 4. The molecule has 0 saturated heterocycles. The largest absolute Gasteiger partial charge is 0.481 e. The van der Waals surface area contributed by atoms with Gasteiger partial charge in [-0.25, -0.2) is 0 Å². The molecule has 0 spiro atoms. The maximum atomic E-state index is 12.1. The number of nitro benzene ring substituents is 1. The van der Waals surface area contributed by atoms with Gasteiger partial charge in [0, 0.05) is 11.8 Å². The third-order valence-corrected chi connectivity index (χ3v) is 4.25. The van der Waals surface area contributed by atoms with Crippen LogP contribution >= 0.6 is 15.9 Å². The van der Waals surface area contributed by atoms with Crippen molar-refractivity contribution in [3.63, 3.8) is 0 Å². The molecule has 2 unspecified atom stereocenters. The van der Waals surface area contributed by atoms with Gasteiger partial charge in [0.25, 0.3) is 5.69 Å². The maximum Gasteiger partial charge on any atom is 0.307 e. The van der Waals surface area contributed by atoms with Gasteiger partial charge in [-0.15, -0.1) is 0 Å². The number of carboxylic acid groups (broad SMARTS) is 1. The van der Waals surface area contributed by atoms with E-state index < -0.39 is 28.6 Å². The molecule has 2 N–H and O–H groups in total. The highest BCUT2D eigenvalue weighted by atomic mass is 79.9. The minimum Gasteiger partial charge on any atom is -0.481 e. The molecule has 1 saturated carbocycles. The summed E-state index contributed by atoms with van der Waals surface area (Å²) >= 11 is 3.06. The van der Waals surface area contributed by atoms with E-state index in [1.807, 2.05) is 0 Å². The van der Waals surface area contributed by atoms with Crippen LogP contribution in [0.25, 0.3) is 0 Å². The fourth-order valence-electron chi connectivity index (χ4n) is 2.53. The van der Waals surface area contributed by atoms with Crippen molar-refractivity contribution in [3.8, 4) is 0 Å². The number of benzene rings is 1. The SMILES string of the molecule is O=C(O)C1CCCC1C(=O)Nc1ccc(Br)c([N+](=O)[O-])c1. The van der Waals surface area contributed by atoms with Gasteiger partial charge in [0.15, 0.2) is 0 Å². The second-order valence-electron chi connectivity index (χ2n) is 4.89. The van der Waals surface area contributed by atoms with Crippen LogP contribution in [-0.4, -0.2) is 21.9 Å². The fourth-order valence-corrected chi connectivity index (χ4v) is 2.93. The van der Waals surface area contributed by atoms with Gasteiger partial charge in [-0.3, -0.25) is 19.7 Å². The lowest BCUT2D eigenvalue weighted by Crippen LogP contribution is -2.30. The highest BCUT2D eigenvalue weighted by Crippen LogP contribution is 2.34. The summed E-state index contributed by atoms with van der Waals surface area (Å²) < 4.78 is 0.315. The molecule has 112 valence electrons.